The lowest BCUT2D eigenvalue weighted by Gasteiger charge is -2.13. The maximum atomic E-state index is 12.1. The van der Waals surface area contributed by atoms with Crippen molar-refractivity contribution in [3.63, 3.8) is 0 Å². The van der Waals surface area contributed by atoms with Crippen molar-refractivity contribution in [2.75, 3.05) is 18.1 Å². The van der Waals surface area contributed by atoms with Crippen LogP contribution in [0.3, 0.4) is 0 Å². The minimum absolute atomic E-state index is 0.152. The number of hydrogen-bond acceptors (Lipinski definition) is 3. The second-order valence-electron chi connectivity index (χ2n) is 5.26. The Morgan fingerprint density at radius 2 is 1.86 bits per heavy atom. The van der Waals surface area contributed by atoms with Gasteiger partial charge in [-0.2, -0.15) is 0 Å². The first-order chi connectivity index (χ1) is 10.7. The lowest BCUT2D eigenvalue weighted by atomic mass is 9.98. The predicted molar refractivity (Wildman–Crippen MR) is 98.0 cm³/mol. The number of hydrogen-bond donors (Lipinski definition) is 0. The third-order valence-corrected chi connectivity index (χ3v) is 4.46. The van der Waals surface area contributed by atoms with E-state index in [4.69, 9.17) is 9.47 Å². The summed E-state index contributed by atoms with van der Waals surface area (Å²) in [6, 6.07) is 12.0. The molecular weight excluding hydrogens is 391 g/mol. The van der Waals surface area contributed by atoms with E-state index in [0.29, 0.717) is 6.61 Å². The van der Waals surface area contributed by atoms with Gasteiger partial charge >= 0.3 is 5.97 Å². The molecule has 2 aromatic rings. The Hall–Kier alpha value is -1.30. The molecule has 2 aromatic carbocycles. The summed E-state index contributed by atoms with van der Waals surface area (Å²) in [6.07, 6.45) is 2.01. The maximum Gasteiger partial charge on any atom is 0.313 e. The molecule has 0 saturated heterocycles. The van der Waals surface area contributed by atoms with Crippen LogP contribution in [0.4, 0.5) is 0 Å². The summed E-state index contributed by atoms with van der Waals surface area (Å²) >= 11 is 2.33. The molecule has 0 N–H and O–H groups in total. The molecule has 22 heavy (non-hydrogen) atoms. The lowest BCUT2D eigenvalue weighted by Crippen LogP contribution is -2.14. The topological polar surface area (TPSA) is 35.5 Å². The molecule has 0 aliphatic heterocycles. The van der Waals surface area contributed by atoms with Crippen LogP contribution in [0, 0.1) is 0 Å². The van der Waals surface area contributed by atoms with E-state index >= 15 is 0 Å². The largest absolute Gasteiger partial charge is 0.497 e. The number of methoxy groups -OCH3 is 1. The molecule has 2 rings (SSSR count). The Morgan fingerprint density at radius 1 is 1.14 bits per heavy atom. The van der Waals surface area contributed by atoms with Crippen molar-refractivity contribution in [3.05, 3.63) is 42.0 Å². The lowest BCUT2D eigenvalue weighted by molar-refractivity contribution is -0.145. The fourth-order valence-electron chi connectivity index (χ4n) is 2.27. The molecular formula is C18H21IO3. The molecule has 0 aromatic heterocycles. The van der Waals surface area contributed by atoms with Crippen LogP contribution in [0.5, 0.6) is 5.75 Å². The van der Waals surface area contributed by atoms with Crippen molar-refractivity contribution in [1.29, 1.82) is 0 Å². The van der Waals surface area contributed by atoms with Gasteiger partial charge in [-0.15, -0.1) is 0 Å². The van der Waals surface area contributed by atoms with Gasteiger partial charge < -0.3 is 9.47 Å². The average molecular weight is 412 g/mol. The predicted octanol–water partition coefficient (Wildman–Crippen LogP) is 4.71. The molecule has 1 atom stereocenters. The first-order valence-corrected chi connectivity index (χ1v) is 8.98. The first-order valence-electron chi connectivity index (χ1n) is 7.46. The second-order valence-corrected chi connectivity index (χ2v) is 6.34. The van der Waals surface area contributed by atoms with Crippen LogP contribution < -0.4 is 4.74 Å². The average Bonchev–Trinajstić information content (AvgIpc) is 2.56. The summed E-state index contributed by atoms with van der Waals surface area (Å²) in [5.74, 6) is 0.440. The highest BCUT2D eigenvalue weighted by Gasteiger charge is 2.17. The molecule has 0 saturated carbocycles. The van der Waals surface area contributed by atoms with E-state index in [0.717, 1.165) is 39.4 Å². The van der Waals surface area contributed by atoms with Gasteiger partial charge in [-0.1, -0.05) is 46.9 Å². The zero-order valence-corrected chi connectivity index (χ0v) is 15.1. The van der Waals surface area contributed by atoms with E-state index in [2.05, 4.69) is 22.6 Å². The fourth-order valence-corrected chi connectivity index (χ4v) is 2.81. The summed E-state index contributed by atoms with van der Waals surface area (Å²) < 4.78 is 11.7. The van der Waals surface area contributed by atoms with E-state index in [1.807, 2.05) is 43.3 Å². The van der Waals surface area contributed by atoms with Crippen LogP contribution >= 0.6 is 22.6 Å². The number of halogens is 1. The van der Waals surface area contributed by atoms with Crippen LogP contribution in [0.2, 0.25) is 0 Å². The van der Waals surface area contributed by atoms with Gasteiger partial charge in [0.2, 0.25) is 0 Å². The van der Waals surface area contributed by atoms with Crippen LogP contribution in [0.25, 0.3) is 10.8 Å². The number of ether oxygens (including phenoxy) is 2. The van der Waals surface area contributed by atoms with E-state index in [1.54, 1.807) is 7.11 Å². The van der Waals surface area contributed by atoms with Crippen molar-refractivity contribution in [2.24, 2.45) is 0 Å². The molecule has 0 heterocycles. The molecule has 0 fully saturated rings. The highest BCUT2D eigenvalue weighted by Crippen LogP contribution is 2.25. The SMILES string of the molecule is COc1ccc2cc([C@H](C)C(=O)OCCCCI)ccc2c1. The Labute approximate surface area is 145 Å². The molecule has 0 spiro atoms. The normalized spacial score (nSPS) is 12.1. The quantitative estimate of drug-likeness (QED) is 0.286. The fraction of sp³-hybridized carbons (Fsp3) is 0.389. The molecule has 0 aliphatic rings. The van der Waals surface area contributed by atoms with Crippen molar-refractivity contribution < 1.29 is 14.3 Å². The van der Waals surface area contributed by atoms with Crippen molar-refractivity contribution in [1.82, 2.24) is 0 Å². The van der Waals surface area contributed by atoms with Crippen LogP contribution in [0.1, 0.15) is 31.2 Å². The van der Waals surface area contributed by atoms with Crippen molar-refractivity contribution in [3.8, 4) is 5.75 Å². The minimum atomic E-state index is -0.244. The number of unbranched alkanes of at least 4 members (excludes halogenated alkanes) is 1. The Morgan fingerprint density at radius 3 is 2.59 bits per heavy atom. The van der Waals surface area contributed by atoms with E-state index in [1.165, 1.54) is 0 Å². The summed E-state index contributed by atoms with van der Waals surface area (Å²) in [5, 5.41) is 2.20. The minimum Gasteiger partial charge on any atom is -0.497 e. The molecule has 0 radical (unpaired) electrons. The number of alkyl halides is 1. The Balaban J connectivity index is 2.07. The summed E-state index contributed by atoms with van der Waals surface area (Å²) in [4.78, 5) is 12.1. The molecule has 4 heteroatoms. The number of esters is 1. The number of fused-ring (bicyclic) bond motifs is 1. The third-order valence-electron chi connectivity index (χ3n) is 3.70. The van der Waals surface area contributed by atoms with Crippen LogP contribution in [-0.2, 0) is 9.53 Å². The van der Waals surface area contributed by atoms with Gasteiger partial charge in [0, 0.05) is 0 Å². The molecule has 0 bridgehead atoms. The van der Waals surface area contributed by atoms with Gasteiger partial charge in [0.05, 0.1) is 19.6 Å². The number of benzene rings is 2. The summed E-state index contributed by atoms with van der Waals surface area (Å²) in [5.41, 5.74) is 0.983. The number of carbonyl (C=O) groups is 1. The molecule has 0 amide bonds. The zero-order valence-electron chi connectivity index (χ0n) is 13.0. The molecule has 0 unspecified atom stereocenters. The maximum absolute atomic E-state index is 12.1. The second kappa shape index (κ2) is 8.36. The monoisotopic (exact) mass is 412 g/mol. The third kappa shape index (κ3) is 4.35. The van der Waals surface area contributed by atoms with Crippen molar-refractivity contribution in [2.45, 2.75) is 25.7 Å². The highest BCUT2D eigenvalue weighted by atomic mass is 127. The molecule has 0 aliphatic carbocycles. The zero-order chi connectivity index (χ0) is 15.9. The first kappa shape index (κ1) is 17.1. The van der Waals surface area contributed by atoms with Gasteiger partial charge in [0.15, 0.2) is 0 Å². The van der Waals surface area contributed by atoms with Crippen molar-refractivity contribution >= 4 is 39.3 Å². The van der Waals surface area contributed by atoms with Gasteiger partial charge in [-0.25, -0.2) is 0 Å². The Kier molecular flexibility index (Phi) is 6.49. The van der Waals surface area contributed by atoms with Gasteiger partial charge in [0.1, 0.15) is 5.75 Å². The van der Waals surface area contributed by atoms with Gasteiger partial charge in [-0.3, -0.25) is 4.79 Å². The highest BCUT2D eigenvalue weighted by molar-refractivity contribution is 14.1. The molecule has 3 nitrogen and oxygen atoms in total. The van der Waals surface area contributed by atoms with E-state index in [-0.39, 0.29) is 11.9 Å². The smallest absolute Gasteiger partial charge is 0.313 e. The number of carbonyl (C=O) groups excluding carboxylic acids is 1. The summed E-state index contributed by atoms with van der Waals surface area (Å²) in [6.45, 7) is 2.41. The number of rotatable bonds is 7. The Bertz CT molecular complexity index is 639. The summed E-state index contributed by atoms with van der Waals surface area (Å²) in [7, 11) is 1.66. The van der Waals surface area contributed by atoms with E-state index in [9.17, 15) is 4.79 Å². The van der Waals surface area contributed by atoms with Crippen LogP contribution in [0.15, 0.2) is 36.4 Å². The van der Waals surface area contributed by atoms with Crippen LogP contribution in [-0.4, -0.2) is 24.1 Å². The standard InChI is InChI=1S/C18H21IO3/c1-13(18(20)22-10-4-3-9-19)14-5-6-16-12-17(21-2)8-7-15(16)11-14/h5-8,11-13H,3-4,9-10H2,1-2H3/t13-/m0/s1. The van der Waals surface area contributed by atoms with Gasteiger partial charge in [-0.05, 0) is 52.7 Å². The molecule has 118 valence electrons. The van der Waals surface area contributed by atoms with Gasteiger partial charge in [0.25, 0.3) is 0 Å². The van der Waals surface area contributed by atoms with E-state index < -0.39 is 0 Å².